The number of hydrogen-bond acceptors (Lipinski definition) is 5. The van der Waals surface area contributed by atoms with Crippen LogP contribution in [0.5, 0.6) is 0 Å². The molecular weight excluding hydrogens is 350 g/mol. The van der Waals surface area contributed by atoms with Gasteiger partial charge in [-0.15, -0.1) is 11.3 Å². The quantitative estimate of drug-likeness (QED) is 0.813. The minimum atomic E-state index is -0.772. The van der Waals surface area contributed by atoms with E-state index in [9.17, 15) is 14.7 Å². The SMILES string of the molecule is Cc1ccc(C)c(NC(=O)Cc2nc(CN3CCCC3C(=O)O)cs2)c1. The molecule has 1 aromatic heterocycles. The summed E-state index contributed by atoms with van der Waals surface area (Å²) in [5.74, 6) is -0.866. The summed E-state index contributed by atoms with van der Waals surface area (Å²) in [4.78, 5) is 30.0. The molecule has 1 aliphatic rings. The van der Waals surface area contributed by atoms with Gasteiger partial charge in [-0.05, 0) is 50.4 Å². The number of carbonyl (C=O) groups is 2. The maximum absolute atomic E-state index is 12.3. The van der Waals surface area contributed by atoms with Gasteiger partial charge in [-0.2, -0.15) is 0 Å². The van der Waals surface area contributed by atoms with Crippen LogP contribution in [0, 0.1) is 13.8 Å². The molecule has 1 atom stereocenters. The number of nitrogens with zero attached hydrogens (tertiary/aromatic N) is 2. The fourth-order valence-corrected chi connectivity index (χ4v) is 3.99. The second-order valence-electron chi connectivity index (χ2n) is 6.74. The summed E-state index contributed by atoms with van der Waals surface area (Å²) in [6, 6.07) is 5.54. The summed E-state index contributed by atoms with van der Waals surface area (Å²) < 4.78 is 0. The van der Waals surface area contributed by atoms with Gasteiger partial charge < -0.3 is 10.4 Å². The van der Waals surface area contributed by atoms with Gasteiger partial charge in [0.25, 0.3) is 0 Å². The molecule has 6 nitrogen and oxygen atoms in total. The van der Waals surface area contributed by atoms with Crippen molar-refractivity contribution < 1.29 is 14.7 Å². The minimum absolute atomic E-state index is 0.0933. The molecule has 1 aliphatic heterocycles. The Bertz CT molecular complexity index is 818. The third-order valence-corrected chi connectivity index (χ3v) is 5.49. The van der Waals surface area contributed by atoms with Gasteiger partial charge in [0, 0.05) is 17.6 Å². The van der Waals surface area contributed by atoms with Crippen molar-refractivity contribution >= 4 is 28.9 Å². The number of benzene rings is 1. The van der Waals surface area contributed by atoms with Crippen LogP contribution in [-0.4, -0.2) is 39.5 Å². The standard InChI is InChI=1S/C19H23N3O3S/c1-12-5-6-13(2)15(8-12)21-17(23)9-18-20-14(11-26-18)10-22-7-3-4-16(22)19(24)25/h5-6,8,11,16H,3-4,7,9-10H2,1-2H3,(H,21,23)(H,24,25). The van der Waals surface area contributed by atoms with Gasteiger partial charge in [0.1, 0.15) is 11.0 Å². The molecule has 0 saturated carbocycles. The average molecular weight is 373 g/mol. The highest BCUT2D eigenvalue weighted by Gasteiger charge is 2.30. The topological polar surface area (TPSA) is 82.5 Å². The van der Waals surface area contributed by atoms with E-state index < -0.39 is 12.0 Å². The van der Waals surface area contributed by atoms with E-state index in [0.717, 1.165) is 40.5 Å². The number of aliphatic carboxylic acids is 1. The van der Waals surface area contributed by atoms with E-state index in [0.29, 0.717) is 13.0 Å². The molecule has 138 valence electrons. The molecular formula is C19H23N3O3S. The van der Waals surface area contributed by atoms with Crippen molar-refractivity contribution in [2.45, 2.75) is 45.7 Å². The van der Waals surface area contributed by atoms with E-state index in [4.69, 9.17) is 0 Å². The Labute approximate surface area is 156 Å². The number of thiazole rings is 1. The van der Waals surface area contributed by atoms with Gasteiger partial charge in [-0.25, -0.2) is 4.98 Å². The number of carboxylic acid groups (broad SMARTS) is 1. The molecule has 2 N–H and O–H groups in total. The van der Waals surface area contributed by atoms with Crippen LogP contribution in [0.4, 0.5) is 5.69 Å². The Kier molecular flexibility index (Phi) is 5.68. The normalized spacial score (nSPS) is 17.4. The monoisotopic (exact) mass is 373 g/mol. The number of rotatable bonds is 6. The first kappa shape index (κ1) is 18.5. The summed E-state index contributed by atoms with van der Waals surface area (Å²) in [6.07, 6.45) is 1.80. The van der Waals surface area contributed by atoms with Crippen molar-refractivity contribution in [3.63, 3.8) is 0 Å². The number of anilines is 1. The van der Waals surface area contributed by atoms with E-state index >= 15 is 0 Å². The molecule has 26 heavy (non-hydrogen) atoms. The highest BCUT2D eigenvalue weighted by molar-refractivity contribution is 7.09. The predicted molar refractivity (Wildman–Crippen MR) is 101 cm³/mol. The van der Waals surface area contributed by atoms with Crippen molar-refractivity contribution in [1.29, 1.82) is 0 Å². The zero-order valence-corrected chi connectivity index (χ0v) is 15.8. The Morgan fingerprint density at radius 3 is 2.96 bits per heavy atom. The fourth-order valence-electron chi connectivity index (χ4n) is 3.21. The lowest BCUT2D eigenvalue weighted by Gasteiger charge is -2.19. The van der Waals surface area contributed by atoms with Crippen LogP contribution < -0.4 is 5.32 Å². The molecule has 0 radical (unpaired) electrons. The zero-order valence-electron chi connectivity index (χ0n) is 15.0. The van der Waals surface area contributed by atoms with Crippen molar-refractivity contribution in [3.05, 3.63) is 45.4 Å². The Morgan fingerprint density at radius 2 is 2.19 bits per heavy atom. The molecule has 0 aliphatic carbocycles. The fraction of sp³-hybridized carbons (Fsp3) is 0.421. The van der Waals surface area contributed by atoms with Crippen molar-refractivity contribution in [2.24, 2.45) is 0 Å². The lowest BCUT2D eigenvalue weighted by molar-refractivity contribution is -0.142. The number of likely N-dealkylation sites (tertiary alicyclic amines) is 1. The van der Waals surface area contributed by atoms with E-state index in [1.165, 1.54) is 11.3 Å². The minimum Gasteiger partial charge on any atom is -0.480 e. The summed E-state index contributed by atoms with van der Waals surface area (Å²) >= 11 is 1.44. The van der Waals surface area contributed by atoms with Crippen LogP contribution in [0.2, 0.25) is 0 Å². The van der Waals surface area contributed by atoms with Crippen LogP contribution in [0.1, 0.15) is 34.7 Å². The van der Waals surface area contributed by atoms with Gasteiger partial charge in [-0.3, -0.25) is 14.5 Å². The molecule has 3 rings (SSSR count). The molecule has 0 bridgehead atoms. The number of hydrogen-bond donors (Lipinski definition) is 2. The highest BCUT2D eigenvalue weighted by atomic mass is 32.1. The van der Waals surface area contributed by atoms with Crippen molar-refractivity contribution in [3.8, 4) is 0 Å². The zero-order chi connectivity index (χ0) is 18.7. The van der Waals surface area contributed by atoms with E-state index in [-0.39, 0.29) is 12.3 Å². The molecule has 1 fully saturated rings. The number of carbonyl (C=O) groups excluding carboxylic acids is 1. The number of aromatic nitrogens is 1. The second kappa shape index (κ2) is 7.97. The molecule has 2 heterocycles. The number of nitrogens with one attached hydrogen (secondary N) is 1. The molecule has 7 heteroatoms. The van der Waals surface area contributed by atoms with E-state index in [1.807, 2.05) is 42.3 Å². The number of amides is 1. The van der Waals surface area contributed by atoms with Gasteiger partial charge in [0.2, 0.25) is 5.91 Å². The third-order valence-electron chi connectivity index (χ3n) is 4.59. The maximum atomic E-state index is 12.3. The maximum Gasteiger partial charge on any atom is 0.320 e. The average Bonchev–Trinajstić information content (AvgIpc) is 3.21. The lowest BCUT2D eigenvalue weighted by Crippen LogP contribution is -2.35. The van der Waals surface area contributed by atoms with E-state index in [1.54, 1.807) is 0 Å². The van der Waals surface area contributed by atoms with Crippen LogP contribution in [0.15, 0.2) is 23.6 Å². The summed E-state index contributed by atoms with van der Waals surface area (Å²) in [6.45, 7) is 5.25. The van der Waals surface area contributed by atoms with Crippen LogP contribution in [0.25, 0.3) is 0 Å². The first-order valence-electron chi connectivity index (χ1n) is 8.69. The molecule has 0 spiro atoms. The van der Waals surface area contributed by atoms with Gasteiger partial charge in [0.05, 0.1) is 12.1 Å². The number of aryl methyl sites for hydroxylation is 2. The Hall–Kier alpha value is -2.25. The van der Waals surface area contributed by atoms with Crippen LogP contribution in [-0.2, 0) is 22.6 Å². The van der Waals surface area contributed by atoms with Crippen LogP contribution >= 0.6 is 11.3 Å². The van der Waals surface area contributed by atoms with Crippen molar-refractivity contribution in [2.75, 3.05) is 11.9 Å². The first-order valence-corrected chi connectivity index (χ1v) is 9.57. The third kappa shape index (κ3) is 4.47. The van der Waals surface area contributed by atoms with Crippen molar-refractivity contribution in [1.82, 2.24) is 9.88 Å². The molecule has 1 unspecified atom stereocenters. The first-order chi connectivity index (χ1) is 12.4. The lowest BCUT2D eigenvalue weighted by atomic mass is 10.1. The summed E-state index contributed by atoms with van der Waals surface area (Å²) in [5.41, 5.74) is 3.78. The molecule has 2 aromatic rings. The molecule has 1 saturated heterocycles. The van der Waals surface area contributed by atoms with Gasteiger partial charge >= 0.3 is 5.97 Å². The predicted octanol–water partition coefficient (Wildman–Crippen LogP) is 2.99. The number of carboxylic acids is 1. The summed E-state index contributed by atoms with van der Waals surface area (Å²) in [7, 11) is 0. The second-order valence-corrected chi connectivity index (χ2v) is 7.69. The smallest absolute Gasteiger partial charge is 0.320 e. The van der Waals surface area contributed by atoms with Gasteiger partial charge in [-0.1, -0.05) is 12.1 Å². The molecule has 1 amide bonds. The van der Waals surface area contributed by atoms with E-state index in [2.05, 4.69) is 10.3 Å². The largest absolute Gasteiger partial charge is 0.480 e. The van der Waals surface area contributed by atoms with Gasteiger partial charge in [0.15, 0.2) is 0 Å². The Morgan fingerprint density at radius 1 is 1.38 bits per heavy atom. The molecule has 1 aromatic carbocycles. The Balaban J connectivity index is 1.59. The van der Waals surface area contributed by atoms with Crippen LogP contribution in [0.3, 0.4) is 0 Å². The highest BCUT2D eigenvalue weighted by Crippen LogP contribution is 2.22. The summed E-state index contributed by atoms with van der Waals surface area (Å²) in [5, 5.41) is 14.9.